The van der Waals surface area contributed by atoms with Crippen LogP contribution in [0.25, 0.3) is 0 Å². The van der Waals surface area contributed by atoms with E-state index >= 15 is 0 Å². The molecule has 3 nitrogen and oxygen atoms in total. The summed E-state index contributed by atoms with van der Waals surface area (Å²) < 4.78 is 0. The zero-order chi connectivity index (χ0) is 11.4. The van der Waals surface area contributed by atoms with E-state index in [0.717, 1.165) is 19.5 Å². The number of nitrogens with zero attached hydrogens (tertiary/aromatic N) is 1. The molecule has 2 unspecified atom stereocenters. The van der Waals surface area contributed by atoms with Crippen molar-refractivity contribution in [1.29, 1.82) is 0 Å². The number of hydrogen-bond acceptors (Lipinski definition) is 2. The monoisotopic (exact) mass is 276 g/mol. The Morgan fingerprint density at radius 2 is 2.27 bits per heavy atom. The van der Waals surface area contributed by atoms with Crippen LogP contribution in [-0.4, -0.2) is 35.3 Å². The van der Waals surface area contributed by atoms with Crippen molar-refractivity contribution in [2.24, 2.45) is 17.6 Å². The molecule has 0 aromatic rings. The molecule has 2 atom stereocenters. The zero-order valence-corrected chi connectivity index (χ0v) is 11.2. The molecule has 0 spiro atoms. The number of nitrogens with two attached hydrogens (primary N) is 1. The molecule has 15 heavy (non-hydrogen) atoms. The predicted molar refractivity (Wildman–Crippen MR) is 65.9 cm³/mol. The molecule has 0 aliphatic carbocycles. The highest BCUT2D eigenvalue weighted by Crippen LogP contribution is 2.23. The third kappa shape index (κ3) is 3.76. The van der Waals surface area contributed by atoms with E-state index in [-0.39, 0.29) is 11.9 Å². The fourth-order valence-electron chi connectivity index (χ4n) is 2.24. The zero-order valence-electron chi connectivity index (χ0n) is 9.58. The topological polar surface area (TPSA) is 46.3 Å². The molecule has 88 valence electrons. The van der Waals surface area contributed by atoms with E-state index in [4.69, 9.17) is 5.73 Å². The third-order valence-corrected chi connectivity index (χ3v) is 3.53. The molecule has 0 radical (unpaired) electrons. The summed E-state index contributed by atoms with van der Waals surface area (Å²) in [6, 6.07) is 0.157. The third-order valence-electron chi connectivity index (χ3n) is 3.05. The number of hydrogen-bond donors (Lipinski definition) is 1. The van der Waals surface area contributed by atoms with Crippen LogP contribution in [0.1, 0.15) is 26.7 Å². The highest BCUT2D eigenvalue weighted by atomic mass is 79.9. The Morgan fingerprint density at radius 3 is 2.73 bits per heavy atom. The predicted octanol–water partition coefficient (Wildman–Crippen LogP) is 1.60. The van der Waals surface area contributed by atoms with Crippen LogP contribution in [0.4, 0.5) is 0 Å². The lowest BCUT2D eigenvalue weighted by Crippen LogP contribution is -2.51. The number of alkyl halides is 1. The summed E-state index contributed by atoms with van der Waals surface area (Å²) in [7, 11) is 0. The first kappa shape index (κ1) is 13.0. The van der Waals surface area contributed by atoms with Gasteiger partial charge in [-0.2, -0.15) is 0 Å². The van der Waals surface area contributed by atoms with Crippen LogP contribution in [0.5, 0.6) is 0 Å². The van der Waals surface area contributed by atoms with Gasteiger partial charge in [0, 0.05) is 19.1 Å². The first-order chi connectivity index (χ1) is 7.04. The fraction of sp³-hybridized carbons (Fsp3) is 0.909. The second-order valence-corrected chi connectivity index (χ2v) is 5.38. The molecule has 1 heterocycles. The first-order valence-electron chi connectivity index (χ1n) is 5.64. The van der Waals surface area contributed by atoms with E-state index in [1.54, 1.807) is 0 Å². The molecule has 1 aliphatic heterocycles. The summed E-state index contributed by atoms with van der Waals surface area (Å²) in [6.45, 7) is 6.04. The van der Waals surface area contributed by atoms with E-state index in [1.165, 1.54) is 6.42 Å². The van der Waals surface area contributed by atoms with Gasteiger partial charge in [-0.05, 0) is 24.7 Å². The molecule has 4 heteroatoms. The van der Waals surface area contributed by atoms with Crippen molar-refractivity contribution >= 4 is 21.8 Å². The number of carbonyl (C=O) groups is 1. The van der Waals surface area contributed by atoms with Gasteiger partial charge in [0.1, 0.15) is 0 Å². The molecule has 0 saturated carbocycles. The normalized spacial score (nSPS) is 27.1. The van der Waals surface area contributed by atoms with E-state index in [0.29, 0.717) is 17.2 Å². The van der Waals surface area contributed by atoms with Gasteiger partial charge in [-0.15, -0.1) is 0 Å². The maximum absolute atomic E-state index is 11.5. The van der Waals surface area contributed by atoms with Crippen LogP contribution in [0.3, 0.4) is 0 Å². The quantitative estimate of drug-likeness (QED) is 0.796. The van der Waals surface area contributed by atoms with Crippen molar-refractivity contribution in [2.45, 2.75) is 32.7 Å². The maximum Gasteiger partial charge on any atom is 0.233 e. The highest BCUT2D eigenvalue weighted by molar-refractivity contribution is 9.09. The van der Waals surface area contributed by atoms with E-state index < -0.39 is 0 Å². The first-order valence-corrected chi connectivity index (χ1v) is 6.76. The van der Waals surface area contributed by atoms with Crippen molar-refractivity contribution in [1.82, 2.24) is 4.90 Å². The highest BCUT2D eigenvalue weighted by Gasteiger charge is 2.28. The average molecular weight is 277 g/mol. The van der Waals surface area contributed by atoms with Crippen molar-refractivity contribution in [3.63, 3.8) is 0 Å². The number of carbonyl (C=O) groups excluding carboxylic acids is 1. The minimum Gasteiger partial charge on any atom is -0.340 e. The van der Waals surface area contributed by atoms with Gasteiger partial charge in [0.05, 0.1) is 5.33 Å². The minimum absolute atomic E-state index is 0.157. The summed E-state index contributed by atoms with van der Waals surface area (Å²) in [6.07, 6.45) is 2.23. The van der Waals surface area contributed by atoms with E-state index in [1.807, 2.05) is 4.90 Å². The number of halogens is 1. The van der Waals surface area contributed by atoms with E-state index in [9.17, 15) is 4.79 Å². The van der Waals surface area contributed by atoms with Crippen molar-refractivity contribution in [3.05, 3.63) is 0 Å². The smallest absolute Gasteiger partial charge is 0.233 e. The molecule has 2 N–H and O–H groups in total. The van der Waals surface area contributed by atoms with Crippen LogP contribution >= 0.6 is 15.9 Å². The molecule has 0 aromatic carbocycles. The van der Waals surface area contributed by atoms with Gasteiger partial charge in [0.25, 0.3) is 0 Å². The second kappa shape index (κ2) is 5.85. The fourth-order valence-corrected chi connectivity index (χ4v) is 2.59. The summed E-state index contributed by atoms with van der Waals surface area (Å²) in [5.74, 6) is 1.44. The molecular formula is C11H21BrN2O. The molecule has 0 aromatic heterocycles. The van der Waals surface area contributed by atoms with Crippen molar-refractivity contribution in [2.75, 3.05) is 18.4 Å². The number of likely N-dealkylation sites (tertiary alicyclic amines) is 1. The Kier molecular flexibility index (Phi) is 5.06. The molecule has 0 bridgehead atoms. The Labute approximate surface area is 101 Å². The lowest BCUT2D eigenvalue weighted by Gasteiger charge is -2.37. The minimum atomic E-state index is 0.157. The molecule has 1 saturated heterocycles. The summed E-state index contributed by atoms with van der Waals surface area (Å²) in [5.41, 5.74) is 6.10. The van der Waals surface area contributed by atoms with Crippen LogP contribution in [0.15, 0.2) is 0 Å². The average Bonchev–Trinajstić information content (AvgIpc) is 2.19. The maximum atomic E-state index is 11.5. The van der Waals surface area contributed by atoms with Gasteiger partial charge in [-0.1, -0.05) is 29.8 Å². The van der Waals surface area contributed by atoms with Gasteiger partial charge in [0.2, 0.25) is 5.91 Å². The Bertz CT molecular complexity index is 221. The van der Waals surface area contributed by atoms with Crippen LogP contribution in [-0.2, 0) is 4.79 Å². The number of piperidine rings is 1. The Morgan fingerprint density at radius 1 is 1.60 bits per heavy atom. The molecule has 1 rings (SSSR count). The Balaban J connectivity index is 2.44. The number of rotatable bonds is 3. The molecule has 1 aliphatic rings. The van der Waals surface area contributed by atoms with Crippen LogP contribution < -0.4 is 5.73 Å². The van der Waals surface area contributed by atoms with Gasteiger partial charge in [-0.25, -0.2) is 0 Å². The Hall–Kier alpha value is -0.0900. The second-order valence-electron chi connectivity index (χ2n) is 4.82. The number of amides is 1. The lowest BCUT2D eigenvalue weighted by molar-refractivity contribution is -0.130. The van der Waals surface area contributed by atoms with E-state index in [2.05, 4.69) is 29.8 Å². The van der Waals surface area contributed by atoms with Crippen LogP contribution in [0, 0.1) is 11.8 Å². The van der Waals surface area contributed by atoms with Crippen LogP contribution in [0.2, 0.25) is 0 Å². The molecule has 1 fully saturated rings. The largest absolute Gasteiger partial charge is 0.340 e. The van der Waals surface area contributed by atoms with Gasteiger partial charge >= 0.3 is 0 Å². The van der Waals surface area contributed by atoms with Gasteiger partial charge in [-0.3, -0.25) is 4.79 Å². The van der Waals surface area contributed by atoms with Gasteiger partial charge < -0.3 is 10.6 Å². The summed E-state index contributed by atoms with van der Waals surface area (Å²) in [4.78, 5) is 13.3. The van der Waals surface area contributed by atoms with Gasteiger partial charge in [0.15, 0.2) is 0 Å². The molecular weight excluding hydrogens is 256 g/mol. The SMILES string of the molecule is CC(C)CC1CCN(C(=O)CBr)CC1N. The van der Waals surface area contributed by atoms with Crippen molar-refractivity contribution < 1.29 is 4.79 Å². The lowest BCUT2D eigenvalue weighted by atomic mass is 9.85. The molecule has 1 amide bonds. The summed E-state index contributed by atoms with van der Waals surface area (Å²) >= 11 is 3.19. The summed E-state index contributed by atoms with van der Waals surface area (Å²) in [5, 5.41) is 0.411. The van der Waals surface area contributed by atoms with Crippen molar-refractivity contribution in [3.8, 4) is 0 Å². The standard InChI is InChI=1S/C11H21BrN2O/c1-8(2)5-9-3-4-14(7-10(9)13)11(15)6-12/h8-10H,3-7,13H2,1-2H3.